The minimum Gasteiger partial charge on any atom is -0.494 e. The summed E-state index contributed by atoms with van der Waals surface area (Å²) in [5.74, 6) is 1.19. The van der Waals surface area contributed by atoms with E-state index >= 15 is 0 Å². The first-order valence-electron chi connectivity index (χ1n) is 8.32. The lowest BCUT2D eigenvalue weighted by molar-refractivity contribution is -0.118. The number of aryl methyl sites for hydroxylation is 1. The second-order valence-electron chi connectivity index (χ2n) is 5.57. The Bertz CT molecular complexity index is 858. The summed E-state index contributed by atoms with van der Waals surface area (Å²) in [5.41, 5.74) is 2.70. The fourth-order valence-electron chi connectivity index (χ4n) is 2.37. The van der Waals surface area contributed by atoms with Crippen LogP contribution in [-0.4, -0.2) is 24.1 Å². The molecule has 0 saturated heterocycles. The van der Waals surface area contributed by atoms with Crippen molar-refractivity contribution in [3.05, 3.63) is 58.9 Å². The van der Waals surface area contributed by atoms with Crippen molar-refractivity contribution in [2.75, 3.05) is 18.5 Å². The van der Waals surface area contributed by atoms with E-state index in [1.807, 2.05) is 55.6 Å². The Morgan fingerprint density at radius 3 is 2.27 bits per heavy atom. The lowest BCUT2D eigenvalue weighted by atomic mass is 10.1. The van der Waals surface area contributed by atoms with Crippen LogP contribution in [0.4, 0.5) is 5.69 Å². The van der Waals surface area contributed by atoms with Crippen LogP contribution in [0.2, 0.25) is 0 Å². The average molecular weight is 368 g/mol. The van der Waals surface area contributed by atoms with Gasteiger partial charge in [-0.1, -0.05) is 12.1 Å². The summed E-state index contributed by atoms with van der Waals surface area (Å²) < 4.78 is 10.9. The van der Waals surface area contributed by atoms with Crippen LogP contribution in [0.25, 0.3) is 11.3 Å². The molecule has 0 aliphatic heterocycles. The molecule has 1 N–H and O–H groups in total. The van der Waals surface area contributed by atoms with Crippen molar-refractivity contribution in [2.45, 2.75) is 13.8 Å². The minimum atomic E-state index is -0.212. The third kappa shape index (κ3) is 4.83. The number of aromatic nitrogens is 1. The van der Waals surface area contributed by atoms with E-state index in [0.29, 0.717) is 12.4 Å². The molecule has 0 aliphatic carbocycles. The predicted octanol–water partition coefficient (Wildman–Crippen LogP) is 4.53. The molecule has 1 aromatic heterocycles. The van der Waals surface area contributed by atoms with Crippen LogP contribution < -0.4 is 14.8 Å². The van der Waals surface area contributed by atoms with Crippen LogP contribution in [0, 0.1) is 6.92 Å². The molecule has 0 spiro atoms. The Balaban J connectivity index is 1.51. The lowest BCUT2D eigenvalue weighted by Gasteiger charge is -2.09. The van der Waals surface area contributed by atoms with Gasteiger partial charge in [0.25, 0.3) is 5.91 Å². The number of thiazole rings is 1. The summed E-state index contributed by atoms with van der Waals surface area (Å²) in [6, 6.07) is 14.8. The maximum absolute atomic E-state index is 12.0. The zero-order valence-corrected chi connectivity index (χ0v) is 15.5. The number of amides is 1. The molecule has 5 nitrogen and oxygen atoms in total. The number of hydrogen-bond acceptors (Lipinski definition) is 5. The molecule has 0 saturated carbocycles. The van der Waals surface area contributed by atoms with Crippen molar-refractivity contribution in [2.24, 2.45) is 0 Å². The first-order chi connectivity index (χ1) is 12.6. The van der Waals surface area contributed by atoms with Gasteiger partial charge >= 0.3 is 0 Å². The topological polar surface area (TPSA) is 60.5 Å². The summed E-state index contributed by atoms with van der Waals surface area (Å²) >= 11 is 1.62. The van der Waals surface area contributed by atoms with Crippen LogP contribution in [0.5, 0.6) is 11.5 Å². The number of anilines is 1. The molecule has 134 valence electrons. The molecular formula is C20H20N2O3S. The third-order valence-electron chi connectivity index (χ3n) is 3.59. The third-order valence-corrected chi connectivity index (χ3v) is 4.36. The molecule has 0 unspecified atom stereocenters. The van der Waals surface area contributed by atoms with Crippen LogP contribution in [0.15, 0.2) is 53.9 Å². The summed E-state index contributed by atoms with van der Waals surface area (Å²) in [7, 11) is 0. The minimum absolute atomic E-state index is 0.0545. The molecule has 0 aliphatic rings. The van der Waals surface area contributed by atoms with Gasteiger partial charge < -0.3 is 14.8 Å². The van der Waals surface area contributed by atoms with E-state index in [1.54, 1.807) is 23.5 Å². The van der Waals surface area contributed by atoms with Crippen LogP contribution in [0.3, 0.4) is 0 Å². The number of rotatable bonds is 7. The van der Waals surface area contributed by atoms with Crippen LogP contribution >= 0.6 is 11.3 Å². The molecular weight excluding hydrogens is 348 g/mol. The fraction of sp³-hybridized carbons (Fsp3) is 0.200. The van der Waals surface area contributed by atoms with E-state index in [9.17, 15) is 4.79 Å². The van der Waals surface area contributed by atoms with Gasteiger partial charge in [-0.25, -0.2) is 4.98 Å². The highest BCUT2D eigenvalue weighted by Gasteiger charge is 2.06. The lowest BCUT2D eigenvalue weighted by Crippen LogP contribution is -2.20. The van der Waals surface area contributed by atoms with E-state index in [0.717, 1.165) is 27.7 Å². The van der Waals surface area contributed by atoms with Gasteiger partial charge in [-0.15, -0.1) is 11.3 Å². The van der Waals surface area contributed by atoms with E-state index in [4.69, 9.17) is 9.47 Å². The first kappa shape index (κ1) is 17.9. The highest BCUT2D eigenvalue weighted by Crippen LogP contribution is 2.23. The quantitative estimate of drug-likeness (QED) is 0.665. The number of nitrogens with one attached hydrogen (secondary N) is 1. The molecule has 1 amide bonds. The Hall–Kier alpha value is -2.86. The van der Waals surface area contributed by atoms with Gasteiger partial charge in [0.2, 0.25) is 0 Å². The summed E-state index contributed by atoms with van der Waals surface area (Å²) in [6.45, 7) is 4.47. The molecule has 0 bridgehead atoms. The number of ether oxygens (including phenoxy) is 2. The highest BCUT2D eigenvalue weighted by molar-refractivity contribution is 7.09. The van der Waals surface area contributed by atoms with Gasteiger partial charge in [0.05, 0.1) is 17.3 Å². The second-order valence-corrected chi connectivity index (χ2v) is 6.63. The van der Waals surface area contributed by atoms with Gasteiger partial charge in [-0.2, -0.15) is 0 Å². The number of hydrogen-bond donors (Lipinski definition) is 1. The van der Waals surface area contributed by atoms with Gasteiger partial charge in [0, 0.05) is 16.6 Å². The molecule has 1 heterocycles. The maximum Gasteiger partial charge on any atom is 0.262 e. The fourth-order valence-corrected chi connectivity index (χ4v) is 2.99. The van der Waals surface area contributed by atoms with E-state index < -0.39 is 0 Å². The predicted molar refractivity (Wildman–Crippen MR) is 104 cm³/mol. The number of nitrogens with zero attached hydrogens (tertiary/aromatic N) is 1. The maximum atomic E-state index is 12.0. The highest BCUT2D eigenvalue weighted by atomic mass is 32.1. The molecule has 2 aromatic carbocycles. The second kappa shape index (κ2) is 8.49. The molecule has 3 rings (SSSR count). The summed E-state index contributed by atoms with van der Waals surface area (Å²) in [5, 5.41) is 5.87. The molecule has 26 heavy (non-hydrogen) atoms. The van der Waals surface area contributed by atoms with Crippen molar-refractivity contribution < 1.29 is 14.3 Å². The monoisotopic (exact) mass is 368 g/mol. The summed E-state index contributed by atoms with van der Waals surface area (Å²) in [4.78, 5) is 16.5. The van der Waals surface area contributed by atoms with Crippen LogP contribution in [-0.2, 0) is 4.79 Å². The van der Waals surface area contributed by atoms with Crippen molar-refractivity contribution in [1.29, 1.82) is 0 Å². The van der Waals surface area contributed by atoms with Gasteiger partial charge in [0.1, 0.15) is 11.5 Å². The molecule has 0 atom stereocenters. The van der Waals surface area contributed by atoms with Gasteiger partial charge in [0.15, 0.2) is 6.61 Å². The molecule has 0 radical (unpaired) electrons. The van der Waals surface area contributed by atoms with Crippen molar-refractivity contribution >= 4 is 22.9 Å². The van der Waals surface area contributed by atoms with E-state index in [2.05, 4.69) is 10.3 Å². The SMILES string of the molecule is CCOc1ccc(OCC(=O)Nc2ccc(-c3csc(C)n3)cc2)cc1. The van der Waals surface area contributed by atoms with Gasteiger partial charge in [-0.05, 0) is 50.2 Å². The zero-order chi connectivity index (χ0) is 18.4. The Morgan fingerprint density at radius 2 is 1.69 bits per heavy atom. The first-order valence-corrected chi connectivity index (χ1v) is 9.20. The Kier molecular flexibility index (Phi) is 5.86. The normalized spacial score (nSPS) is 10.4. The number of carbonyl (C=O) groups excluding carboxylic acids is 1. The van der Waals surface area contributed by atoms with Crippen molar-refractivity contribution in [3.63, 3.8) is 0 Å². The molecule has 3 aromatic rings. The largest absolute Gasteiger partial charge is 0.494 e. The standard InChI is InChI=1S/C20H20N2O3S/c1-3-24-17-8-10-18(11-9-17)25-12-20(23)22-16-6-4-15(5-7-16)19-13-26-14(2)21-19/h4-11,13H,3,12H2,1-2H3,(H,22,23). The molecule has 6 heteroatoms. The van der Waals surface area contributed by atoms with Crippen LogP contribution in [0.1, 0.15) is 11.9 Å². The van der Waals surface area contributed by atoms with E-state index in [1.165, 1.54) is 0 Å². The molecule has 0 fully saturated rings. The zero-order valence-electron chi connectivity index (χ0n) is 14.7. The van der Waals surface area contributed by atoms with Crippen molar-refractivity contribution in [1.82, 2.24) is 4.98 Å². The Morgan fingerprint density at radius 1 is 1.04 bits per heavy atom. The van der Waals surface area contributed by atoms with Gasteiger partial charge in [-0.3, -0.25) is 4.79 Å². The van der Waals surface area contributed by atoms with Crippen molar-refractivity contribution in [3.8, 4) is 22.8 Å². The van der Waals surface area contributed by atoms with E-state index in [-0.39, 0.29) is 12.5 Å². The summed E-state index contributed by atoms with van der Waals surface area (Å²) in [6.07, 6.45) is 0. The smallest absolute Gasteiger partial charge is 0.262 e. The average Bonchev–Trinajstić information content (AvgIpc) is 3.08. The number of benzene rings is 2. The Labute approximate surface area is 156 Å². The number of carbonyl (C=O) groups is 1.